The van der Waals surface area contributed by atoms with E-state index >= 15 is 0 Å². The van der Waals surface area contributed by atoms with E-state index in [2.05, 4.69) is 15.3 Å². The molecule has 1 aliphatic heterocycles. The van der Waals surface area contributed by atoms with Crippen LogP contribution in [0, 0.1) is 0 Å². The van der Waals surface area contributed by atoms with Crippen molar-refractivity contribution in [2.24, 2.45) is 0 Å². The van der Waals surface area contributed by atoms with Crippen LogP contribution in [0.1, 0.15) is 33.0 Å². The molecule has 0 radical (unpaired) electrons. The number of anilines is 1. The van der Waals surface area contributed by atoms with Crippen LogP contribution in [0.25, 0.3) is 0 Å². The molecule has 2 rings (SSSR count). The molecule has 0 atom stereocenters. The van der Waals surface area contributed by atoms with Gasteiger partial charge in [0.1, 0.15) is 22.3 Å². The van der Waals surface area contributed by atoms with Crippen LogP contribution >= 0.6 is 11.6 Å². The zero-order chi connectivity index (χ0) is 14.9. The number of rotatable bonds is 3. The molecule has 1 N–H and O–H groups in total. The maximum Gasteiger partial charge on any atom is 0.251 e. The first-order valence-corrected chi connectivity index (χ1v) is 6.87. The van der Waals surface area contributed by atoms with Crippen molar-refractivity contribution in [3.63, 3.8) is 0 Å². The lowest BCUT2D eigenvalue weighted by Gasteiger charge is -2.40. The van der Waals surface area contributed by atoms with Gasteiger partial charge in [-0.25, -0.2) is 9.97 Å². The van der Waals surface area contributed by atoms with Crippen molar-refractivity contribution in [2.45, 2.75) is 39.2 Å². The predicted molar refractivity (Wildman–Crippen MR) is 75.6 cm³/mol. The molecule has 7 heteroatoms. The van der Waals surface area contributed by atoms with Crippen molar-refractivity contribution in [1.29, 1.82) is 0 Å². The normalized spacial score (nSPS) is 18.1. The SMILES string of the molecule is CCCc1nc(Cl)cc(N2CC(=O)NC(=O)C2(C)C)n1. The van der Waals surface area contributed by atoms with Crippen LogP contribution in [0.3, 0.4) is 0 Å². The molecular weight excluding hydrogens is 280 g/mol. The van der Waals surface area contributed by atoms with Crippen molar-refractivity contribution >= 4 is 29.2 Å². The molecule has 20 heavy (non-hydrogen) atoms. The maximum atomic E-state index is 12.0. The summed E-state index contributed by atoms with van der Waals surface area (Å²) in [5, 5.41) is 2.64. The van der Waals surface area contributed by atoms with Gasteiger partial charge in [-0.1, -0.05) is 18.5 Å². The second kappa shape index (κ2) is 5.36. The largest absolute Gasteiger partial charge is 0.333 e. The molecule has 1 aromatic heterocycles. The number of carbonyl (C=O) groups excluding carboxylic acids is 2. The van der Waals surface area contributed by atoms with Crippen LogP contribution < -0.4 is 10.2 Å². The number of hydrogen-bond donors (Lipinski definition) is 1. The molecule has 0 bridgehead atoms. The van der Waals surface area contributed by atoms with E-state index in [1.54, 1.807) is 24.8 Å². The average molecular weight is 297 g/mol. The lowest BCUT2D eigenvalue weighted by Crippen LogP contribution is -2.64. The van der Waals surface area contributed by atoms with Crippen molar-refractivity contribution in [1.82, 2.24) is 15.3 Å². The van der Waals surface area contributed by atoms with Gasteiger partial charge in [-0.05, 0) is 20.3 Å². The summed E-state index contributed by atoms with van der Waals surface area (Å²) in [7, 11) is 0. The number of aromatic nitrogens is 2. The summed E-state index contributed by atoms with van der Waals surface area (Å²) in [4.78, 5) is 33.8. The summed E-state index contributed by atoms with van der Waals surface area (Å²) < 4.78 is 0. The van der Waals surface area contributed by atoms with Gasteiger partial charge < -0.3 is 4.90 Å². The minimum Gasteiger partial charge on any atom is -0.333 e. The number of aryl methyl sites for hydroxylation is 1. The van der Waals surface area contributed by atoms with E-state index in [4.69, 9.17) is 11.6 Å². The summed E-state index contributed by atoms with van der Waals surface area (Å²) in [6.07, 6.45) is 1.59. The molecule has 1 saturated heterocycles. The molecule has 0 aliphatic carbocycles. The molecule has 0 unspecified atom stereocenters. The van der Waals surface area contributed by atoms with E-state index in [1.807, 2.05) is 6.92 Å². The standard InChI is InChI=1S/C13H17ClN4O2/c1-4-5-9-15-8(14)6-10(16-9)18-7-11(19)17-12(20)13(18,2)3/h6H,4-5,7H2,1-3H3,(H,17,19,20). The second-order valence-corrected chi connectivity index (χ2v) is 5.62. The maximum absolute atomic E-state index is 12.0. The highest BCUT2D eigenvalue weighted by atomic mass is 35.5. The van der Waals surface area contributed by atoms with E-state index in [-0.39, 0.29) is 18.4 Å². The van der Waals surface area contributed by atoms with E-state index in [9.17, 15) is 9.59 Å². The summed E-state index contributed by atoms with van der Waals surface area (Å²) in [5.41, 5.74) is -0.866. The summed E-state index contributed by atoms with van der Waals surface area (Å²) in [6, 6.07) is 1.58. The van der Waals surface area contributed by atoms with Crippen LogP contribution in [-0.2, 0) is 16.0 Å². The van der Waals surface area contributed by atoms with Crippen molar-refractivity contribution < 1.29 is 9.59 Å². The Morgan fingerprint density at radius 3 is 2.75 bits per heavy atom. The van der Waals surface area contributed by atoms with E-state index in [0.29, 0.717) is 23.2 Å². The monoisotopic (exact) mass is 296 g/mol. The number of carbonyl (C=O) groups is 2. The Labute approximate surface area is 122 Å². The van der Waals surface area contributed by atoms with Gasteiger partial charge in [0.25, 0.3) is 5.91 Å². The van der Waals surface area contributed by atoms with E-state index in [1.165, 1.54) is 0 Å². The van der Waals surface area contributed by atoms with E-state index < -0.39 is 5.54 Å². The van der Waals surface area contributed by atoms with Gasteiger partial charge in [-0.3, -0.25) is 14.9 Å². The zero-order valence-corrected chi connectivity index (χ0v) is 12.5. The molecule has 0 aromatic carbocycles. The Morgan fingerprint density at radius 2 is 2.10 bits per heavy atom. The average Bonchev–Trinajstić information content (AvgIpc) is 2.33. The first kappa shape index (κ1) is 14.7. The van der Waals surface area contributed by atoms with Crippen LogP contribution in [0.4, 0.5) is 5.82 Å². The minimum absolute atomic E-state index is 0.0671. The summed E-state index contributed by atoms with van der Waals surface area (Å²) in [5.74, 6) is 0.424. The first-order chi connectivity index (χ1) is 9.34. The Morgan fingerprint density at radius 1 is 1.40 bits per heavy atom. The quantitative estimate of drug-likeness (QED) is 0.672. The van der Waals surface area contributed by atoms with Gasteiger partial charge in [0, 0.05) is 12.5 Å². The van der Waals surface area contributed by atoms with Crippen LogP contribution in [0.5, 0.6) is 0 Å². The van der Waals surface area contributed by atoms with Crippen molar-refractivity contribution in [3.05, 3.63) is 17.0 Å². The molecule has 1 aromatic rings. The lowest BCUT2D eigenvalue weighted by atomic mass is 9.99. The lowest BCUT2D eigenvalue weighted by molar-refractivity contribution is -0.135. The van der Waals surface area contributed by atoms with Crippen LogP contribution in [-0.4, -0.2) is 33.9 Å². The Balaban J connectivity index is 2.42. The Kier molecular flexibility index (Phi) is 3.94. The van der Waals surface area contributed by atoms with Gasteiger partial charge in [0.05, 0.1) is 6.54 Å². The third-order valence-corrected chi connectivity index (χ3v) is 3.46. The Hall–Kier alpha value is -1.69. The molecular formula is C13H17ClN4O2. The summed E-state index contributed by atoms with van der Waals surface area (Å²) >= 11 is 6.01. The number of halogens is 1. The second-order valence-electron chi connectivity index (χ2n) is 5.24. The fraction of sp³-hybridized carbons (Fsp3) is 0.538. The number of imide groups is 1. The van der Waals surface area contributed by atoms with Gasteiger partial charge in [-0.15, -0.1) is 0 Å². The Bertz CT molecular complexity index is 559. The summed E-state index contributed by atoms with van der Waals surface area (Å²) in [6.45, 7) is 5.57. The fourth-order valence-corrected chi connectivity index (χ4v) is 2.27. The minimum atomic E-state index is -0.866. The highest BCUT2D eigenvalue weighted by molar-refractivity contribution is 6.29. The molecule has 2 amide bonds. The molecule has 1 fully saturated rings. The first-order valence-electron chi connectivity index (χ1n) is 6.50. The van der Waals surface area contributed by atoms with Crippen molar-refractivity contribution in [2.75, 3.05) is 11.4 Å². The highest BCUT2D eigenvalue weighted by Crippen LogP contribution is 2.26. The van der Waals surface area contributed by atoms with E-state index in [0.717, 1.165) is 6.42 Å². The van der Waals surface area contributed by atoms with Gasteiger partial charge >= 0.3 is 0 Å². The highest BCUT2D eigenvalue weighted by Gasteiger charge is 2.41. The smallest absolute Gasteiger partial charge is 0.251 e. The molecule has 108 valence electrons. The number of nitrogens with one attached hydrogen (secondary N) is 1. The number of piperazine rings is 1. The van der Waals surface area contributed by atoms with Crippen molar-refractivity contribution in [3.8, 4) is 0 Å². The number of hydrogen-bond acceptors (Lipinski definition) is 5. The third-order valence-electron chi connectivity index (χ3n) is 3.26. The fourth-order valence-electron chi connectivity index (χ4n) is 2.08. The molecule has 6 nitrogen and oxygen atoms in total. The van der Waals surface area contributed by atoms with Crippen LogP contribution in [0.2, 0.25) is 5.15 Å². The zero-order valence-electron chi connectivity index (χ0n) is 11.7. The predicted octanol–water partition coefficient (Wildman–Crippen LogP) is 1.32. The van der Waals surface area contributed by atoms with Gasteiger partial charge in [0.15, 0.2) is 0 Å². The number of nitrogens with zero attached hydrogens (tertiary/aromatic N) is 3. The molecule has 0 saturated carbocycles. The van der Waals surface area contributed by atoms with Gasteiger partial charge in [0.2, 0.25) is 5.91 Å². The molecule has 0 spiro atoms. The van der Waals surface area contributed by atoms with Gasteiger partial charge in [-0.2, -0.15) is 0 Å². The number of amides is 2. The van der Waals surface area contributed by atoms with Crippen LogP contribution in [0.15, 0.2) is 6.07 Å². The third kappa shape index (κ3) is 2.75. The topological polar surface area (TPSA) is 75.2 Å². The molecule has 1 aliphatic rings. The molecule has 2 heterocycles.